The first kappa shape index (κ1) is 11.9. The Balaban J connectivity index is 2.25. The highest BCUT2D eigenvalue weighted by Gasteiger charge is 2.22. The molecule has 0 bridgehead atoms. The predicted molar refractivity (Wildman–Crippen MR) is 49.3 cm³/mol. The van der Waals surface area contributed by atoms with Gasteiger partial charge in [-0.1, -0.05) is 0 Å². The molecule has 0 aromatic carbocycles. The molecule has 7 heteroatoms. The summed E-state index contributed by atoms with van der Waals surface area (Å²) in [6.07, 6.45) is -1.57. The topological polar surface area (TPSA) is 108 Å². The third-order valence-corrected chi connectivity index (χ3v) is 1.99. The van der Waals surface area contributed by atoms with E-state index in [9.17, 15) is 9.59 Å². The Hall–Kier alpha value is -1.18. The van der Waals surface area contributed by atoms with Crippen LogP contribution in [0.1, 0.15) is 0 Å². The summed E-state index contributed by atoms with van der Waals surface area (Å²) < 4.78 is 5.06. The van der Waals surface area contributed by atoms with Crippen molar-refractivity contribution in [1.82, 2.24) is 10.6 Å². The molecule has 1 aliphatic rings. The zero-order chi connectivity index (χ0) is 11.3. The van der Waals surface area contributed by atoms with E-state index in [1.807, 2.05) is 0 Å². The highest BCUT2D eigenvalue weighted by atomic mass is 16.5. The number of ether oxygens (including phenoxy) is 1. The SMILES string of the molecule is O=C(NC[C@H](O)C(=O)O)C1COCCN1. The number of carboxylic acid groups (broad SMARTS) is 1. The number of carbonyl (C=O) groups is 2. The Labute approximate surface area is 86.4 Å². The first-order chi connectivity index (χ1) is 7.11. The second-order valence-electron chi connectivity index (χ2n) is 3.18. The number of rotatable bonds is 4. The number of nitrogens with one attached hydrogen (secondary N) is 2. The number of morpholine rings is 1. The molecule has 86 valence electrons. The summed E-state index contributed by atoms with van der Waals surface area (Å²) in [7, 11) is 0. The molecule has 1 aliphatic heterocycles. The van der Waals surface area contributed by atoms with Crippen LogP contribution in [0.25, 0.3) is 0 Å². The number of carboxylic acids is 1. The van der Waals surface area contributed by atoms with E-state index in [4.69, 9.17) is 14.9 Å². The Kier molecular flexibility index (Phi) is 4.47. The molecule has 0 spiro atoms. The number of hydrogen-bond donors (Lipinski definition) is 4. The van der Waals surface area contributed by atoms with Gasteiger partial charge in [-0.25, -0.2) is 4.79 Å². The lowest BCUT2D eigenvalue weighted by atomic mass is 10.2. The predicted octanol–water partition coefficient (Wildman–Crippen LogP) is -2.46. The van der Waals surface area contributed by atoms with Crippen molar-refractivity contribution in [1.29, 1.82) is 0 Å². The third-order valence-electron chi connectivity index (χ3n) is 1.99. The van der Waals surface area contributed by atoms with E-state index >= 15 is 0 Å². The fourth-order valence-corrected chi connectivity index (χ4v) is 1.14. The molecule has 1 saturated heterocycles. The highest BCUT2D eigenvalue weighted by molar-refractivity contribution is 5.82. The van der Waals surface area contributed by atoms with Gasteiger partial charge in [-0.2, -0.15) is 0 Å². The average molecular weight is 218 g/mol. The van der Waals surface area contributed by atoms with Gasteiger partial charge in [-0.3, -0.25) is 4.79 Å². The normalized spacial score (nSPS) is 23.1. The van der Waals surface area contributed by atoms with E-state index in [2.05, 4.69) is 10.6 Å². The van der Waals surface area contributed by atoms with Crippen molar-refractivity contribution in [2.45, 2.75) is 12.1 Å². The van der Waals surface area contributed by atoms with Crippen LogP contribution < -0.4 is 10.6 Å². The van der Waals surface area contributed by atoms with E-state index in [0.717, 1.165) is 0 Å². The lowest BCUT2D eigenvalue weighted by Gasteiger charge is -2.23. The zero-order valence-electron chi connectivity index (χ0n) is 8.10. The van der Waals surface area contributed by atoms with Crippen LogP contribution in [0.15, 0.2) is 0 Å². The quantitative estimate of drug-likeness (QED) is 0.417. The van der Waals surface area contributed by atoms with Gasteiger partial charge in [-0.05, 0) is 0 Å². The number of aliphatic hydroxyl groups is 1. The van der Waals surface area contributed by atoms with Crippen LogP contribution in [0, 0.1) is 0 Å². The van der Waals surface area contributed by atoms with Crippen molar-refractivity contribution in [2.24, 2.45) is 0 Å². The van der Waals surface area contributed by atoms with Crippen molar-refractivity contribution in [3.63, 3.8) is 0 Å². The Bertz CT molecular complexity index is 239. The maximum absolute atomic E-state index is 11.4. The maximum atomic E-state index is 11.4. The molecule has 1 heterocycles. The third kappa shape index (κ3) is 3.82. The lowest BCUT2D eigenvalue weighted by molar-refractivity contribution is -0.146. The first-order valence-electron chi connectivity index (χ1n) is 4.61. The van der Waals surface area contributed by atoms with Gasteiger partial charge in [0.05, 0.1) is 19.8 Å². The molecule has 0 radical (unpaired) electrons. The van der Waals surface area contributed by atoms with Gasteiger partial charge in [0.2, 0.25) is 5.91 Å². The molecule has 15 heavy (non-hydrogen) atoms. The number of hydrogen-bond acceptors (Lipinski definition) is 5. The van der Waals surface area contributed by atoms with Gasteiger partial charge in [-0.15, -0.1) is 0 Å². The van der Waals surface area contributed by atoms with Crippen LogP contribution >= 0.6 is 0 Å². The standard InChI is InChI=1S/C8H14N2O5/c11-6(8(13)14)3-10-7(12)5-4-15-2-1-9-5/h5-6,9,11H,1-4H2,(H,10,12)(H,13,14)/t5?,6-/m0/s1. The van der Waals surface area contributed by atoms with Crippen LogP contribution in [0.3, 0.4) is 0 Å². The molecule has 0 aliphatic carbocycles. The van der Waals surface area contributed by atoms with Gasteiger partial charge >= 0.3 is 5.97 Å². The van der Waals surface area contributed by atoms with E-state index < -0.39 is 18.1 Å². The van der Waals surface area contributed by atoms with Crippen LogP contribution in [-0.4, -0.2) is 60.5 Å². The molecule has 0 aromatic heterocycles. The molecule has 1 amide bonds. The molecule has 0 saturated carbocycles. The summed E-state index contributed by atoms with van der Waals surface area (Å²) in [6, 6.07) is -0.472. The Morgan fingerprint density at radius 1 is 1.60 bits per heavy atom. The number of amides is 1. The number of aliphatic carboxylic acids is 1. The largest absolute Gasteiger partial charge is 0.479 e. The van der Waals surface area contributed by atoms with Crippen LogP contribution in [0.4, 0.5) is 0 Å². The zero-order valence-corrected chi connectivity index (χ0v) is 8.10. The summed E-state index contributed by atoms with van der Waals surface area (Å²) in [6.45, 7) is 1.10. The van der Waals surface area contributed by atoms with Gasteiger partial charge in [0.15, 0.2) is 6.10 Å². The molecule has 2 atom stereocenters. The molecule has 1 unspecified atom stereocenters. The second-order valence-corrected chi connectivity index (χ2v) is 3.18. The average Bonchev–Trinajstić information content (AvgIpc) is 2.26. The molecular weight excluding hydrogens is 204 g/mol. The summed E-state index contributed by atoms with van der Waals surface area (Å²) in [5.74, 6) is -1.72. The van der Waals surface area contributed by atoms with Gasteiger partial charge < -0.3 is 25.6 Å². The van der Waals surface area contributed by atoms with Crippen LogP contribution in [-0.2, 0) is 14.3 Å². The van der Waals surface area contributed by atoms with Crippen molar-refractivity contribution >= 4 is 11.9 Å². The maximum Gasteiger partial charge on any atom is 0.334 e. The number of aliphatic hydroxyl groups excluding tert-OH is 1. The van der Waals surface area contributed by atoms with Gasteiger partial charge in [0.25, 0.3) is 0 Å². The van der Waals surface area contributed by atoms with E-state index in [-0.39, 0.29) is 19.1 Å². The summed E-state index contributed by atoms with van der Waals surface area (Å²) >= 11 is 0. The van der Waals surface area contributed by atoms with E-state index in [1.54, 1.807) is 0 Å². The molecule has 1 fully saturated rings. The molecule has 7 nitrogen and oxygen atoms in total. The van der Waals surface area contributed by atoms with Crippen molar-refractivity contribution in [2.75, 3.05) is 26.3 Å². The summed E-state index contributed by atoms with van der Waals surface area (Å²) in [5, 5.41) is 22.5. The van der Waals surface area contributed by atoms with Crippen molar-refractivity contribution in [3.8, 4) is 0 Å². The number of carbonyl (C=O) groups excluding carboxylic acids is 1. The minimum absolute atomic E-state index is 0.259. The van der Waals surface area contributed by atoms with Gasteiger partial charge in [0.1, 0.15) is 6.04 Å². The first-order valence-corrected chi connectivity index (χ1v) is 4.61. The molecule has 1 rings (SSSR count). The summed E-state index contributed by atoms with van der Waals surface area (Å²) in [5.41, 5.74) is 0. The lowest BCUT2D eigenvalue weighted by Crippen LogP contribution is -2.52. The molecule has 4 N–H and O–H groups in total. The van der Waals surface area contributed by atoms with E-state index in [0.29, 0.717) is 13.2 Å². The molecule has 0 aromatic rings. The Morgan fingerprint density at radius 3 is 2.87 bits per heavy atom. The fourth-order valence-electron chi connectivity index (χ4n) is 1.14. The van der Waals surface area contributed by atoms with E-state index in [1.165, 1.54) is 0 Å². The van der Waals surface area contributed by atoms with Crippen molar-refractivity contribution in [3.05, 3.63) is 0 Å². The minimum atomic E-state index is -1.57. The van der Waals surface area contributed by atoms with Crippen LogP contribution in [0.2, 0.25) is 0 Å². The van der Waals surface area contributed by atoms with Crippen molar-refractivity contribution < 1.29 is 24.5 Å². The molecular formula is C8H14N2O5. The summed E-state index contributed by atoms with van der Waals surface area (Å²) in [4.78, 5) is 21.6. The van der Waals surface area contributed by atoms with Crippen LogP contribution in [0.5, 0.6) is 0 Å². The monoisotopic (exact) mass is 218 g/mol. The fraction of sp³-hybridized carbons (Fsp3) is 0.750. The minimum Gasteiger partial charge on any atom is -0.479 e. The smallest absolute Gasteiger partial charge is 0.334 e. The Morgan fingerprint density at radius 2 is 2.33 bits per heavy atom. The van der Waals surface area contributed by atoms with Gasteiger partial charge in [0, 0.05) is 6.54 Å². The second kappa shape index (κ2) is 5.64. The highest BCUT2D eigenvalue weighted by Crippen LogP contribution is 1.93.